The third-order valence-corrected chi connectivity index (χ3v) is 3.54. The van der Waals surface area contributed by atoms with Gasteiger partial charge < -0.3 is 10.0 Å². The smallest absolute Gasteiger partial charge is 0.326 e. The molecule has 2 aromatic rings. The first-order chi connectivity index (χ1) is 10.2. The number of carboxylic acid groups (broad SMARTS) is 1. The van der Waals surface area contributed by atoms with E-state index in [1.54, 1.807) is 29.3 Å². The van der Waals surface area contributed by atoms with Crippen molar-refractivity contribution >= 4 is 11.9 Å². The highest BCUT2D eigenvalue weighted by Crippen LogP contribution is 2.20. The maximum Gasteiger partial charge on any atom is 0.326 e. The zero-order chi connectivity index (χ0) is 14.8. The molecule has 1 amide bonds. The number of aromatic nitrogens is 3. The third-order valence-electron chi connectivity index (χ3n) is 3.54. The number of hydrogen-bond acceptors (Lipinski definition) is 4. The Morgan fingerprint density at radius 2 is 2.19 bits per heavy atom. The van der Waals surface area contributed by atoms with Crippen molar-refractivity contribution in [3.8, 4) is 5.69 Å². The summed E-state index contributed by atoms with van der Waals surface area (Å²) in [6.45, 7) is 0.466. The average molecular weight is 286 g/mol. The van der Waals surface area contributed by atoms with Crippen LogP contribution in [0.25, 0.3) is 5.69 Å². The summed E-state index contributed by atoms with van der Waals surface area (Å²) >= 11 is 0. The first kappa shape index (κ1) is 13.3. The average Bonchev–Trinajstić information content (AvgIpc) is 3.17. The quantitative estimate of drug-likeness (QED) is 0.907. The van der Waals surface area contributed by atoms with Crippen LogP contribution in [0.1, 0.15) is 23.2 Å². The summed E-state index contributed by atoms with van der Waals surface area (Å²) in [4.78, 5) is 28.9. The van der Waals surface area contributed by atoms with Crippen LogP contribution in [0.5, 0.6) is 0 Å². The molecule has 1 atom stereocenters. The Labute approximate surface area is 120 Å². The molecule has 1 aliphatic rings. The summed E-state index contributed by atoms with van der Waals surface area (Å²) in [5, 5.41) is 13.3. The maximum atomic E-state index is 12.4. The standard InChI is InChI=1S/C14H14N4O3/c19-13(17-6-2-4-12(17)14(20)21)10-7-16-18(9-10)11-3-1-5-15-8-11/h1,3,5,7-9,12H,2,4,6H2,(H,20,21)/t12-/m0/s1. The lowest BCUT2D eigenvalue weighted by Gasteiger charge is -2.20. The van der Waals surface area contributed by atoms with Gasteiger partial charge in [0.2, 0.25) is 0 Å². The van der Waals surface area contributed by atoms with Crippen LogP contribution < -0.4 is 0 Å². The summed E-state index contributed by atoms with van der Waals surface area (Å²) in [6.07, 6.45) is 7.54. The number of carboxylic acids is 1. The highest BCUT2D eigenvalue weighted by atomic mass is 16.4. The van der Waals surface area contributed by atoms with Gasteiger partial charge in [0.15, 0.2) is 0 Å². The van der Waals surface area contributed by atoms with E-state index in [4.69, 9.17) is 5.11 Å². The molecule has 1 fully saturated rings. The van der Waals surface area contributed by atoms with Gasteiger partial charge in [-0.3, -0.25) is 9.78 Å². The molecule has 2 aromatic heterocycles. The Balaban J connectivity index is 1.83. The minimum absolute atomic E-state index is 0.296. The van der Waals surface area contributed by atoms with Crippen molar-refractivity contribution < 1.29 is 14.7 Å². The molecule has 0 radical (unpaired) electrons. The van der Waals surface area contributed by atoms with Crippen molar-refractivity contribution in [2.75, 3.05) is 6.54 Å². The van der Waals surface area contributed by atoms with Gasteiger partial charge in [0, 0.05) is 18.9 Å². The molecule has 0 aliphatic carbocycles. The Kier molecular flexibility index (Phi) is 3.39. The predicted octanol–water partition coefficient (Wildman–Crippen LogP) is 0.956. The number of rotatable bonds is 3. The lowest BCUT2D eigenvalue weighted by atomic mass is 10.2. The van der Waals surface area contributed by atoms with Crippen LogP contribution in [0.15, 0.2) is 36.9 Å². The molecule has 3 rings (SSSR count). The van der Waals surface area contributed by atoms with Crippen LogP contribution in [0.3, 0.4) is 0 Å². The van der Waals surface area contributed by atoms with Gasteiger partial charge in [0.25, 0.3) is 5.91 Å². The number of hydrogen-bond donors (Lipinski definition) is 1. The topological polar surface area (TPSA) is 88.3 Å². The third kappa shape index (κ3) is 2.49. The van der Waals surface area contributed by atoms with Crippen LogP contribution in [0.2, 0.25) is 0 Å². The van der Waals surface area contributed by atoms with E-state index in [-0.39, 0.29) is 5.91 Å². The normalized spacial score (nSPS) is 17.9. The Morgan fingerprint density at radius 1 is 1.33 bits per heavy atom. The molecule has 7 heteroatoms. The second kappa shape index (κ2) is 5.35. The zero-order valence-electron chi connectivity index (χ0n) is 11.2. The number of carbonyl (C=O) groups is 2. The second-order valence-corrected chi connectivity index (χ2v) is 4.88. The van der Waals surface area contributed by atoms with Crippen molar-refractivity contribution in [2.24, 2.45) is 0 Å². The van der Waals surface area contributed by atoms with Gasteiger partial charge in [-0.1, -0.05) is 0 Å². The zero-order valence-corrected chi connectivity index (χ0v) is 11.2. The molecule has 0 aromatic carbocycles. The molecule has 0 spiro atoms. The molecule has 1 aliphatic heterocycles. The lowest BCUT2D eigenvalue weighted by Crippen LogP contribution is -2.40. The van der Waals surface area contributed by atoms with Crippen molar-refractivity contribution in [3.05, 3.63) is 42.5 Å². The Hall–Kier alpha value is -2.70. The largest absolute Gasteiger partial charge is 0.480 e. The van der Waals surface area contributed by atoms with Gasteiger partial charge in [0.1, 0.15) is 6.04 Å². The summed E-state index contributed by atoms with van der Waals surface area (Å²) in [5.74, 6) is -1.25. The van der Waals surface area contributed by atoms with Crippen molar-refractivity contribution in [3.63, 3.8) is 0 Å². The Bertz CT molecular complexity index is 668. The van der Waals surface area contributed by atoms with Gasteiger partial charge in [-0.15, -0.1) is 0 Å². The second-order valence-electron chi connectivity index (χ2n) is 4.88. The van der Waals surface area contributed by atoms with Gasteiger partial charge in [-0.25, -0.2) is 9.48 Å². The fourth-order valence-corrected chi connectivity index (χ4v) is 2.50. The fraction of sp³-hybridized carbons (Fsp3) is 0.286. The van der Waals surface area contributed by atoms with Gasteiger partial charge in [-0.05, 0) is 25.0 Å². The van der Waals surface area contributed by atoms with Crippen LogP contribution in [0.4, 0.5) is 0 Å². The van der Waals surface area contributed by atoms with Crippen LogP contribution in [-0.2, 0) is 4.79 Å². The highest BCUT2D eigenvalue weighted by molar-refractivity contribution is 5.96. The molecule has 3 heterocycles. The number of pyridine rings is 1. The van der Waals surface area contributed by atoms with E-state index in [9.17, 15) is 9.59 Å². The van der Waals surface area contributed by atoms with E-state index in [0.29, 0.717) is 24.9 Å². The molecule has 7 nitrogen and oxygen atoms in total. The SMILES string of the molecule is O=C(O)[C@@H]1CCCN1C(=O)c1cnn(-c2cccnc2)c1. The number of likely N-dealkylation sites (tertiary alicyclic amines) is 1. The van der Waals surface area contributed by atoms with Crippen molar-refractivity contribution in [1.82, 2.24) is 19.7 Å². The number of nitrogens with zero attached hydrogens (tertiary/aromatic N) is 4. The molecular weight excluding hydrogens is 272 g/mol. The molecule has 108 valence electrons. The van der Waals surface area contributed by atoms with Crippen molar-refractivity contribution in [1.29, 1.82) is 0 Å². The molecule has 0 saturated carbocycles. The van der Waals surface area contributed by atoms with E-state index in [0.717, 1.165) is 5.69 Å². The van der Waals surface area contributed by atoms with Crippen molar-refractivity contribution in [2.45, 2.75) is 18.9 Å². The molecule has 21 heavy (non-hydrogen) atoms. The van der Waals surface area contributed by atoms with Gasteiger partial charge >= 0.3 is 5.97 Å². The molecule has 0 bridgehead atoms. The summed E-state index contributed by atoms with van der Waals surface area (Å²) in [7, 11) is 0. The first-order valence-corrected chi connectivity index (χ1v) is 6.65. The van der Waals surface area contributed by atoms with Crippen LogP contribution >= 0.6 is 0 Å². The van der Waals surface area contributed by atoms with Crippen LogP contribution in [-0.4, -0.2) is 49.2 Å². The highest BCUT2D eigenvalue weighted by Gasteiger charge is 2.34. The molecule has 0 unspecified atom stereocenters. The molecular formula is C14H14N4O3. The van der Waals surface area contributed by atoms with E-state index in [1.165, 1.54) is 11.1 Å². The lowest BCUT2D eigenvalue weighted by molar-refractivity contribution is -0.141. The predicted molar refractivity (Wildman–Crippen MR) is 73.1 cm³/mol. The summed E-state index contributed by atoms with van der Waals surface area (Å²) in [5.41, 5.74) is 1.12. The molecule has 1 N–H and O–H groups in total. The van der Waals surface area contributed by atoms with E-state index >= 15 is 0 Å². The minimum atomic E-state index is -0.958. The Morgan fingerprint density at radius 3 is 2.90 bits per heavy atom. The van der Waals surface area contributed by atoms with Crippen LogP contribution in [0, 0.1) is 0 Å². The molecule has 1 saturated heterocycles. The van der Waals surface area contributed by atoms with E-state index < -0.39 is 12.0 Å². The van der Waals surface area contributed by atoms with E-state index in [2.05, 4.69) is 10.1 Å². The summed E-state index contributed by atoms with van der Waals surface area (Å²) in [6, 6.07) is 2.86. The number of carbonyl (C=O) groups excluding carboxylic acids is 1. The minimum Gasteiger partial charge on any atom is -0.480 e. The van der Waals surface area contributed by atoms with Gasteiger partial charge in [0.05, 0.1) is 23.6 Å². The van der Waals surface area contributed by atoms with Gasteiger partial charge in [-0.2, -0.15) is 5.10 Å². The number of aliphatic carboxylic acids is 1. The summed E-state index contributed by atoms with van der Waals surface area (Å²) < 4.78 is 1.55. The first-order valence-electron chi connectivity index (χ1n) is 6.65. The van der Waals surface area contributed by atoms with E-state index in [1.807, 2.05) is 6.07 Å². The fourth-order valence-electron chi connectivity index (χ4n) is 2.50. The monoisotopic (exact) mass is 286 g/mol. The number of amides is 1. The maximum absolute atomic E-state index is 12.4.